The zero-order chi connectivity index (χ0) is 38.3. The monoisotopic (exact) mass is 750 g/mol. The van der Waals surface area contributed by atoms with Crippen molar-refractivity contribution in [1.82, 2.24) is 9.80 Å². The molecule has 1 saturated carbocycles. The molecule has 3 amide bonds. The first-order chi connectivity index (χ1) is 26.7. The second kappa shape index (κ2) is 14.9. The number of carbonyl (C=O) groups is 3. The lowest BCUT2D eigenvalue weighted by Crippen LogP contribution is -2.50. The number of amides is 3. The molecular formula is C42H46N4O9. The van der Waals surface area contributed by atoms with Crippen molar-refractivity contribution in [3.8, 4) is 23.0 Å². The molecule has 4 heterocycles. The van der Waals surface area contributed by atoms with Gasteiger partial charge in [-0.2, -0.15) is 0 Å². The van der Waals surface area contributed by atoms with Gasteiger partial charge in [-0.3, -0.25) is 14.6 Å². The van der Waals surface area contributed by atoms with Crippen molar-refractivity contribution < 1.29 is 43.2 Å². The van der Waals surface area contributed by atoms with Gasteiger partial charge < -0.3 is 38.6 Å². The van der Waals surface area contributed by atoms with Gasteiger partial charge in [-0.15, -0.1) is 0 Å². The van der Waals surface area contributed by atoms with Crippen LogP contribution in [0, 0.1) is 5.41 Å². The highest BCUT2D eigenvalue weighted by Crippen LogP contribution is 2.57. The molecule has 1 spiro atoms. The molecule has 4 aliphatic heterocycles. The van der Waals surface area contributed by atoms with E-state index < -0.39 is 18.4 Å². The van der Waals surface area contributed by atoms with E-state index in [0.717, 1.165) is 29.7 Å². The van der Waals surface area contributed by atoms with Crippen LogP contribution in [0.4, 0.5) is 16.2 Å². The highest BCUT2D eigenvalue weighted by molar-refractivity contribution is 6.06. The second-order valence-electron chi connectivity index (χ2n) is 14.9. The third-order valence-electron chi connectivity index (χ3n) is 11.4. The maximum absolute atomic E-state index is 13.9. The Hall–Kier alpha value is -5.56. The van der Waals surface area contributed by atoms with Crippen LogP contribution in [0.2, 0.25) is 0 Å². The number of anilines is 1. The topological polar surface area (TPSA) is 140 Å². The molecular weight excluding hydrogens is 704 g/mol. The van der Waals surface area contributed by atoms with Crippen LogP contribution in [-0.2, 0) is 17.7 Å². The standard InChI is InChI=1S/C42H46N4O9/c1-4-14-55-41(50)46-32-21-37(35(52-3)19-30(32)39(48)45-25-42(12-13-42)22-33(45)40(46)49)54-16-9-5-8-15-53-36-20-31-29(18-34(36)51-2)38(47)44-24-27-11-7-6-10-26(27)17-28(44)23-43-31/h4,6-7,10-11,18-21,23,28,33,40,49H,1,5,8-9,12-17,22,24-25H2,2-3H3/t28-,33-,40-/m0/s1. The van der Waals surface area contributed by atoms with E-state index in [-0.39, 0.29) is 41.1 Å². The van der Waals surface area contributed by atoms with Crippen LogP contribution in [0.3, 0.4) is 0 Å². The number of rotatable bonds is 12. The van der Waals surface area contributed by atoms with Crippen molar-refractivity contribution in [3.63, 3.8) is 0 Å². The van der Waals surface area contributed by atoms with E-state index in [1.165, 1.54) is 18.7 Å². The molecule has 3 aromatic carbocycles. The van der Waals surface area contributed by atoms with Gasteiger partial charge in [0.05, 0.1) is 62.0 Å². The fourth-order valence-electron chi connectivity index (χ4n) is 8.26. The number of aliphatic hydroxyl groups is 1. The smallest absolute Gasteiger partial charge is 0.416 e. The van der Waals surface area contributed by atoms with E-state index in [9.17, 15) is 19.5 Å². The van der Waals surface area contributed by atoms with E-state index in [1.807, 2.05) is 23.2 Å². The summed E-state index contributed by atoms with van der Waals surface area (Å²) in [5, 5.41) is 11.6. The fraction of sp³-hybridized carbons (Fsp3) is 0.429. The van der Waals surface area contributed by atoms with Crippen LogP contribution < -0.4 is 23.8 Å². The molecule has 0 aromatic heterocycles. The molecule has 0 unspecified atom stereocenters. The number of unbranched alkanes of at least 4 members (excludes halogenated alkanes) is 2. The molecule has 13 nitrogen and oxygen atoms in total. The summed E-state index contributed by atoms with van der Waals surface area (Å²) in [6.45, 7) is 5.37. The minimum absolute atomic E-state index is 0.000262. The number of nitrogens with zero attached hydrogens (tertiary/aromatic N) is 4. The van der Waals surface area contributed by atoms with Crippen LogP contribution in [0.15, 0.2) is 66.2 Å². The Labute approximate surface area is 320 Å². The molecule has 288 valence electrons. The molecule has 1 saturated heterocycles. The van der Waals surface area contributed by atoms with E-state index in [0.29, 0.717) is 86.2 Å². The first-order valence-electron chi connectivity index (χ1n) is 18.9. The first kappa shape index (κ1) is 36.4. The number of aliphatic hydroxyl groups excluding tert-OH is 1. The number of ether oxygens (including phenoxy) is 5. The number of aliphatic imine (C=N–C) groups is 1. The van der Waals surface area contributed by atoms with E-state index in [4.69, 9.17) is 28.7 Å². The second-order valence-corrected chi connectivity index (χ2v) is 14.9. The molecule has 2 fully saturated rings. The van der Waals surface area contributed by atoms with Crippen molar-refractivity contribution in [3.05, 3.63) is 83.4 Å². The number of hydrogen-bond donors (Lipinski definition) is 1. The predicted octanol–water partition coefficient (Wildman–Crippen LogP) is 6.07. The molecule has 0 bridgehead atoms. The van der Waals surface area contributed by atoms with Gasteiger partial charge in [0, 0.05) is 31.4 Å². The van der Waals surface area contributed by atoms with Gasteiger partial charge in [0.25, 0.3) is 11.8 Å². The summed E-state index contributed by atoms with van der Waals surface area (Å²) >= 11 is 0. The van der Waals surface area contributed by atoms with Crippen LogP contribution in [0.25, 0.3) is 0 Å². The average molecular weight is 751 g/mol. The molecule has 55 heavy (non-hydrogen) atoms. The molecule has 1 aliphatic carbocycles. The van der Waals surface area contributed by atoms with Crippen LogP contribution in [0.5, 0.6) is 23.0 Å². The lowest BCUT2D eigenvalue weighted by atomic mass is 9.94. The van der Waals surface area contributed by atoms with Gasteiger partial charge >= 0.3 is 6.09 Å². The number of fused-ring (bicyclic) bond motifs is 5. The SMILES string of the molecule is C=CCOC(=O)N1c2cc(OCCCCCOc3cc4c(cc3OC)C(=O)N3Cc5ccccc5C[C@H]3C=N4)c(OC)cc2C(=O)N2CC3(CC3)C[C@H]2[C@@H]1O. The minimum atomic E-state index is -1.30. The third kappa shape index (κ3) is 6.86. The summed E-state index contributed by atoms with van der Waals surface area (Å²) in [7, 11) is 3.05. The zero-order valence-corrected chi connectivity index (χ0v) is 31.2. The highest BCUT2D eigenvalue weighted by atomic mass is 16.6. The van der Waals surface area contributed by atoms with E-state index in [1.54, 1.807) is 36.3 Å². The Morgan fingerprint density at radius 3 is 2.27 bits per heavy atom. The van der Waals surface area contributed by atoms with Gasteiger partial charge in [0.15, 0.2) is 29.2 Å². The molecule has 5 aliphatic rings. The van der Waals surface area contributed by atoms with Crippen LogP contribution in [0.1, 0.15) is 70.4 Å². The van der Waals surface area contributed by atoms with Crippen molar-refractivity contribution in [2.24, 2.45) is 10.4 Å². The predicted molar refractivity (Wildman–Crippen MR) is 204 cm³/mol. The van der Waals surface area contributed by atoms with Crippen molar-refractivity contribution in [2.45, 2.75) is 69.8 Å². The first-order valence-corrected chi connectivity index (χ1v) is 18.9. The number of methoxy groups -OCH3 is 2. The Balaban J connectivity index is 0.903. The van der Waals surface area contributed by atoms with Crippen molar-refractivity contribution in [1.29, 1.82) is 0 Å². The molecule has 3 aromatic rings. The highest BCUT2D eigenvalue weighted by Gasteiger charge is 2.58. The van der Waals surface area contributed by atoms with Crippen molar-refractivity contribution >= 4 is 35.5 Å². The lowest BCUT2D eigenvalue weighted by Gasteiger charge is -2.34. The molecule has 8 rings (SSSR count). The molecule has 13 heteroatoms. The molecule has 0 radical (unpaired) electrons. The van der Waals surface area contributed by atoms with Gasteiger partial charge in [-0.1, -0.05) is 36.9 Å². The Bertz CT molecular complexity index is 2040. The van der Waals surface area contributed by atoms with Crippen molar-refractivity contribution in [2.75, 3.05) is 45.5 Å². The van der Waals surface area contributed by atoms with Crippen LogP contribution >= 0.6 is 0 Å². The zero-order valence-electron chi connectivity index (χ0n) is 31.2. The number of carbonyl (C=O) groups excluding carboxylic acids is 3. The van der Waals surface area contributed by atoms with Gasteiger partial charge in [0.1, 0.15) is 6.61 Å². The lowest BCUT2D eigenvalue weighted by molar-refractivity contribution is 0.0496. The normalized spacial score (nSPS) is 21.4. The summed E-state index contributed by atoms with van der Waals surface area (Å²) in [5.41, 5.74) is 3.85. The maximum atomic E-state index is 13.9. The summed E-state index contributed by atoms with van der Waals surface area (Å²) < 4.78 is 29.0. The summed E-state index contributed by atoms with van der Waals surface area (Å²) in [5.74, 6) is 1.32. The maximum Gasteiger partial charge on any atom is 0.416 e. The fourth-order valence-corrected chi connectivity index (χ4v) is 8.26. The number of hydrogen-bond acceptors (Lipinski definition) is 10. The van der Waals surface area contributed by atoms with Gasteiger partial charge in [-0.05, 0) is 73.6 Å². The average Bonchev–Trinajstić information content (AvgIpc) is 3.89. The Kier molecular flexibility index (Phi) is 9.89. The minimum Gasteiger partial charge on any atom is -0.493 e. The summed E-state index contributed by atoms with van der Waals surface area (Å²) in [6, 6.07) is 14.2. The molecule has 3 atom stereocenters. The van der Waals surface area contributed by atoms with Crippen LogP contribution in [-0.4, -0.2) is 97.9 Å². The quantitative estimate of drug-likeness (QED) is 0.173. The Morgan fingerprint density at radius 1 is 0.909 bits per heavy atom. The summed E-state index contributed by atoms with van der Waals surface area (Å²) in [4.78, 5) is 50.4. The third-order valence-corrected chi connectivity index (χ3v) is 11.4. The Morgan fingerprint density at radius 2 is 1.58 bits per heavy atom. The number of benzene rings is 3. The van der Waals surface area contributed by atoms with E-state index >= 15 is 0 Å². The molecule has 1 N–H and O–H groups in total. The largest absolute Gasteiger partial charge is 0.493 e. The van der Waals surface area contributed by atoms with E-state index in [2.05, 4.69) is 18.7 Å². The summed E-state index contributed by atoms with van der Waals surface area (Å²) in [6.07, 6.45) is 6.70. The van der Waals surface area contributed by atoms with Gasteiger partial charge in [-0.25, -0.2) is 9.69 Å². The van der Waals surface area contributed by atoms with Gasteiger partial charge in [0.2, 0.25) is 0 Å².